The SMILES string of the molecule is Cc1nc(N2CCC(C(=O)N3CCC[C@@H](c4ccccc4)C3)CC2)nc2cc(S(C)(=O)=O)ccc12. The standard InChI is InChI=1S/C27H32N4O3S/c1-19-24-11-10-23(35(2,33)34)17-25(24)29-27(28-19)30-15-12-21(13-16-30)26(32)31-14-6-9-22(18-31)20-7-4-3-5-8-20/h3-5,7-8,10-11,17,21-22H,6,9,12-16,18H2,1-2H3/t22-/m1/s1. The van der Waals surface area contributed by atoms with Gasteiger partial charge in [-0.2, -0.15) is 0 Å². The summed E-state index contributed by atoms with van der Waals surface area (Å²) in [5, 5.41) is 0.851. The molecule has 0 aliphatic carbocycles. The maximum absolute atomic E-state index is 13.4. The zero-order chi connectivity index (χ0) is 24.6. The molecule has 184 valence electrons. The first kappa shape index (κ1) is 23.7. The molecule has 35 heavy (non-hydrogen) atoms. The third kappa shape index (κ3) is 5.03. The highest BCUT2D eigenvalue weighted by atomic mass is 32.2. The van der Waals surface area contributed by atoms with Gasteiger partial charge in [-0.3, -0.25) is 4.79 Å². The first-order chi connectivity index (χ1) is 16.8. The van der Waals surface area contributed by atoms with Crippen LogP contribution in [-0.4, -0.2) is 61.6 Å². The predicted molar refractivity (Wildman–Crippen MR) is 137 cm³/mol. The molecule has 0 unspecified atom stereocenters. The Morgan fingerprint density at radius 3 is 2.43 bits per heavy atom. The van der Waals surface area contributed by atoms with Crippen LogP contribution in [0.15, 0.2) is 53.4 Å². The summed E-state index contributed by atoms with van der Waals surface area (Å²) in [4.78, 5) is 27.2. The second-order valence-electron chi connectivity index (χ2n) is 9.86. The molecule has 2 fully saturated rings. The molecule has 3 heterocycles. The lowest BCUT2D eigenvalue weighted by atomic mass is 9.88. The third-order valence-electron chi connectivity index (χ3n) is 7.41. The number of rotatable bonds is 4. The van der Waals surface area contributed by atoms with Crippen molar-refractivity contribution in [2.45, 2.75) is 43.4 Å². The van der Waals surface area contributed by atoms with Crippen LogP contribution in [0.25, 0.3) is 10.9 Å². The van der Waals surface area contributed by atoms with Gasteiger partial charge in [-0.1, -0.05) is 30.3 Å². The van der Waals surface area contributed by atoms with E-state index < -0.39 is 9.84 Å². The van der Waals surface area contributed by atoms with Gasteiger partial charge in [0.25, 0.3) is 0 Å². The lowest BCUT2D eigenvalue weighted by Crippen LogP contribution is -2.46. The van der Waals surface area contributed by atoms with E-state index >= 15 is 0 Å². The number of benzene rings is 2. The summed E-state index contributed by atoms with van der Waals surface area (Å²) in [6.07, 6.45) is 4.93. The molecule has 0 bridgehead atoms. The zero-order valence-electron chi connectivity index (χ0n) is 20.4. The number of nitrogens with zero attached hydrogens (tertiary/aromatic N) is 4. The molecule has 7 nitrogen and oxygen atoms in total. The Morgan fingerprint density at radius 1 is 0.971 bits per heavy atom. The molecule has 5 rings (SSSR count). The molecule has 2 aliphatic heterocycles. The summed E-state index contributed by atoms with van der Waals surface area (Å²) >= 11 is 0. The lowest BCUT2D eigenvalue weighted by Gasteiger charge is -2.38. The van der Waals surface area contributed by atoms with Crippen LogP contribution in [0.1, 0.15) is 42.9 Å². The molecule has 3 aromatic rings. The minimum absolute atomic E-state index is 0.0270. The van der Waals surface area contributed by atoms with E-state index in [0.717, 1.165) is 49.9 Å². The summed E-state index contributed by atoms with van der Waals surface area (Å²) in [7, 11) is -3.31. The summed E-state index contributed by atoms with van der Waals surface area (Å²) in [5.41, 5.74) is 2.78. The maximum atomic E-state index is 13.4. The summed E-state index contributed by atoms with van der Waals surface area (Å²) in [6.45, 7) is 4.99. The quantitative estimate of drug-likeness (QED) is 0.548. The number of piperidine rings is 2. The fourth-order valence-corrected chi connectivity index (χ4v) is 6.03. The Hall–Kier alpha value is -3.00. The minimum Gasteiger partial charge on any atom is -0.342 e. The van der Waals surface area contributed by atoms with Crippen molar-refractivity contribution >= 4 is 32.6 Å². The molecular formula is C27H32N4O3S. The molecule has 8 heteroatoms. The highest BCUT2D eigenvalue weighted by Crippen LogP contribution is 2.30. The van der Waals surface area contributed by atoms with Crippen molar-refractivity contribution in [3.63, 3.8) is 0 Å². The lowest BCUT2D eigenvalue weighted by molar-refractivity contribution is -0.137. The average Bonchev–Trinajstić information content (AvgIpc) is 2.88. The average molecular weight is 493 g/mol. The summed E-state index contributed by atoms with van der Waals surface area (Å²) in [5.74, 6) is 1.33. The number of hydrogen-bond acceptors (Lipinski definition) is 6. The van der Waals surface area contributed by atoms with E-state index in [1.54, 1.807) is 18.2 Å². The number of aromatic nitrogens is 2. The van der Waals surface area contributed by atoms with Crippen molar-refractivity contribution in [1.82, 2.24) is 14.9 Å². The van der Waals surface area contributed by atoms with Crippen LogP contribution < -0.4 is 4.90 Å². The van der Waals surface area contributed by atoms with Gasteiger partial charge < -0.3 is 9.80 Å². The van der Waals surface area contributed by atoms with Crippen molar-refractivity contribution in [2.75, 3.05) is 37.3 Å². The predicted octanol–water partition coefficient (Wildman–Crippen LogP) is 3.96. The first-order valence-corrected chi connectivity index (χ1v) is 14.3. The van der Waals surface area contributed by atoms with Gasteiger partial charge >= 0.3 is 0 Å². The van der Waals surface area contributed by atoms with Crippen molar-refractivity contribution < 1.29 is 13.2 Å². The third-order valence-corrected chi connectivity index (χ3v) is 8.52. The monoisotopic (exact) mass is 492 g/mol. The highest BCUT2D eigenvalue weighted by molar-refractivity contribution is 7.90. The van der Waals surface area contributed by atoms with Crippen LogP contribution in [-0.2, 0) is 14.6 Å². The van der Waals surface area contributed by atoms with Gasteiger partial charge in [-0.05, 0) is 56.4 Å². The van der Waals surface area contributed by atoms with Gasteiger partial charge in [-0.25, -0.2) is 18.4 Å². The largest absolute Gasteiger partial charge is 0.342 e. The Labute approximate surface area is 207 Å². The number of carbonyl (C=O) groups excluding carboxylic acids is 1. The Balaban J connectivity index is 1.26. The number of hydrogen-bond donors (Lipinski definition) is 0. The number of aryl methyl sites for hydroxylation is 1. The number of anilines is 1. The molecule has 1 amide bonds. The van der Waals surface area contributed by atoms with E-state index in [-0.39, 0.29) is 16.7 Å². The van der Waals surface area contributed by atoms with E-state index in [1.165, 1.54) is 11.8 Å². The molecule has 2 saturated heterocycles. The Morgan fingerprint density at radius 2 is 1.71 bits per heavy atom. The molecule has 0 radical (unpaired) electrons. The van der Waals surface area contributed by atoms with Gasteiger partial charge in [0.1, 0.15) is 0 Å². The van der Waals surface area contributed by atoms with Crippen LogP contribution in [0.3, 0.4) is 0 Å². The van der Waals surface area contributed by atoms with Crippen LogP contribution in [0.5, 0.6) is 0 Å². The maximum Gasteiger partial charge on any atom is 0.226 e. The van der Waals surface area contributed by atoms with Crippen LogP contribution in [0.2, 0.25) is 0 Å². The normalized spacial score (nSPS) is 19.8. The zero-order valence-corrected chi connectivity index (χ0v) is 21.2. The van der Waals surface area contributed by atoms with Gasteiger partial charge in [0, 0.05) is 49.7 Å². The molecule has 0 N–H and O–H groups in total. The van der Waals surface area contributed by atoms with E-state index in [2.05, 4.69) is 34.1 Å². The van der Waals surface area contributed by atoms with Crippen molar-refractivity contribution in [2.24, 2.45) is 5.92 Å². The van der Waals surface area contributed by atoms with Gasteiger partial charge in [0.15, 0.2) is 9.84 Å². The summed E-state index contributed by atoms with van der Waals surface area (Å²) in [6, 6.07) is 15.5. The minimum atomic E-state index is -3.31. The fraction of sp³-hybridized carbons (Fsp3) is 0.444. The van der Waals surface area contributed by atoms with E-state index in [4.69, 9.17) is 9.97 Å². The number of sulfone groups is 1. The molecular weight excluding hydrogens is 460 g/mol. The Kier molecular flexibility index (Phi) is 6.49. The molecule has 0 spiro atoms. The molecule has 1 aromatic heterocycles. The van der Waals surface area contributed by atoms with E-state index in [9.17, 15) is 13.2 Å². The van der Waals surface area contributed by atoms with Crippen molar-refractivity contribution in [1.29, 1.82) is 0 Å². The van der Waals surface area contributed by atoms with Crippen LogP contribution in [0.4, 0.5) is 5.95 Å². The number of carbonyl (C=O) groups is 1. The van der Waals surface area contributed by atoms with Gasteiger partial charge in [-0.15, -0.1) is 0 Å². The first-order valence-electron chi connectivity index (χ1n) is 12.4. The van der Waals surface area contributed by atoms with E-state index in [0.29, 0.717) is 30.5 Å². The van der Waals surface area contributed by atoms with Gasteiger partial charge in [0.05, 0.1) is 16.1 Å². The van der Waals surface area contributed by atoms with Crippen molar-refractivity contribution in [3.8, 4) is 0 Å². The van der Waals surface area contributed by atoms with Crippen LogP contribution in [0, 0.1) is 12.8 Å². The highest BCUT2D eigenvalue weighted by Gasteiger charge is 2.32. The Bertz CT molecular complexity index is 1340. The number of likely N-dealkylation sites (tertiary alicyclic amines) is 1. The van der Waals surface area contributed by atoms with Crippen molar-refractivity contribution in [3.05, 3.63) is 59.8 Å². The summed E-state index contributed by atoms with van der Waals surface area (Å²) < 4.78 is 24.0. The van der Waals surface area contributed by atoms with E-state index in [1.807, 2.05) is 13.0 Å². The second kappa shape index (κ2) is 9.57. The van der Waals surface area contributed by atoms with Crippen LogP contribution >= 0.6 is 0 Å². The smallest absolute Gasteiger partial charge is 0.226 e. The second-order valence-corrected chi connectivity index (χ2v) is 11.9. The topological polar surface area (TPSA) is 83.5 Å². The molecule has 0 saturated carbocycles. The number of fused-ring (bicyclic) bond motifs is 1. The molecule has 2 aromatic carbocycles. The fourth-order valence-electron chi connectivity index (χ4n) is 5.38. The molecule has 1 atom stereocenters. The number of amides is 1. The van der Waals surface area contributed by atoms with Gasteiger partial charge in [0.2, 0.25) is 11.9 Å². The molecule has 2 aliphatic rings.